The minimum absolute atomic E-state index is 0.0418. The van der Waals surface area contributed by atoms with Crippen molar-refractivity contribution in [2.75, 3.05) is 13.1 Å². The summed E-state index contributed by atoms with van der Waals surface area (Å²) in [6.07, 6.45) is 4.55. The molecule has 0 bridgehead atoms. The fourth-order valence-electron chi connectivity index (χ4n) is 4.07. The number of carbonyl (C=O) groups is 2. The van der Waals surface area contributed by atoms with Crippen molar-refractivity contribution in [3.63, 3.8) is 0 Å². The van der Waals surface area contributed by atoms with Gasteiger partial charge in [-0.3, -0.25) is 4.79 Å². The molecule has 1 saturated carbocycles. The molecule has 0 aromatic heterocycles. The van der Waals surface area contributed by atoms with E-state index in [0.29, 0.717) is 13.1 Å². The van der Waals surface area contributed by atoms with Gasteiger partial charge in [-0.05, 0) is 44.4 Å². The lowest BCUT2D eigenvalue weighted by Gasteiger charge is -2.48. The Balaban J connectivity index is 1.74. The molecule has 1 saturated heterocycles. The summed E-state index contributed by atoms with van der Waals surface area (Å²) in [6.45, 7) is 5.30. The minimum Gasteiger partial charge on any atom is -0.478 e. The molecule has 1 spiro atoms. The molecule has 130 valence electrons. The van der Waals surface area contributed by atoms with Crippen LogP contribution in [0, 0.1) is 0 Å². The van der Waals surface area contributed by atoms with Crippen molar-refractivity contribution in [1.82, 2.24) is 4.90 Å². The Labute approximate surface area is 142 Å². The lowest BCUT2D eigenvalue weighted by atomic mass is 9.93. The molecule has 1 amide bonds. The van der Waals surface area contributed by atoms with E-state index >= 15 is 0 Å². The maximum atomic E-state index is 12.8. The fraction of sp³-hybridized carbons (Fsp3) is 0.579. The van der Waals surface area contributed by atoms with Gasteiger partial charge in [-0.1, -0.05) is 25.0 Å². The predicted octanol–water partition coefficient (Wildman–Crippen LogP) is 2.88. The van der Waals surface area contributed by atoms with Crippen LogP contribution in [0.2, 0.25) is 0 Å². The van der Waals surface area contributed by atoms with E-state index in [1.807, 2.05) is 18.7 Å². The third-order valence-corrected chi connectivity index (χ3v) is 4.94. The second-order valence-corrected chi connectivity index (χ2v) is 7.68. The Morgan fingerprint density at radius 3 is 2.58 bits per heavy atom. The van der Waals surface area contributed by atoms with Crippen LogP contribution in [0.5, 0.6) is 0 Å². The molecule has 3 rings (SSSR count). The zero-order valence-corrected chi connectivity index (χ0v) is 14.4. The molecule has 0 radical (unpaired) electrons. The topological polar surface area (TPSA) is 66.8 Å². The number of aromatic carboxylic acids is 1. The minimum atomic E-state index is -0.971. The summed E-state index contributed by atoms with van der Waals surface area (Å²) in [7, 11) is 0. The SMILES string of the molecule is CC1(C)CN(C(=O)Cc2cccc(C(=O)O)c2)CC2(CCCC2)O1. The highest BCUT2D eigenvalue weighted by molar-refractivity contribution is 5.88. The molecule has 5 heteroatoms. The fourth-order valence-corrected chi connectivity index (χ4v) is 4.07. The summed E-state index contributed by atoms with van der Waals surface area (Å²) in [6, 6.07) is 6.62. The molecule has 1 heterocycles. The second kappa shape index (κ2) is 6.20. The third kappa shape index (κ3) is 3.61. The van der Waals surface area contributed by atoms with E-state index in [-0.39, 0.29) is 29.1 Å². The molecule has 2 fully saturated rings. The summed E-state index contributed by atoms with van der Waals surface area (Å²) in [5.41, 5.74) is 0.418. The number of hydrogen-bond acceptors (Lipinski definition) is 3. The number of amides is 1. The first-order valence-corrected chi connectivity index (χ1v) is 8.59. The third-order valence-electron chi connectivity index (χ3n) is 4.94. The van der Waals surface area contributed by atoms with Crippen LogP contribution in [0.25, 0.3) is 0 Å². The summed E-state index contributed by atoms with van der Waals surface area (Å²) in [5, 5.41) is 9.09. The van der Waals surface area contributed by atoms with E-state index in [4.69, 9.17) is 9.84 Å². The van der Waals surface area contributed by atoms with Crippen LogP contribution in [0.3, 0.4) is 0 Å². The van der Waals surface area contributed by atoms with Crippen LogP contribution in [0.15, 0.2) is 24.3 Å². The quantitative estimate of drug-likeness (QED) is 0.925. The van der Waals surface area contributed by atoms with Gasteiger partial charge in [0.25, 0.3) is 0 Å². The largest absolute Gasteiger partial charge is 0.478 e. The summed E-state index contributed by atoms with van der Waals surface area (Å²) < 4.78 is 6.33. The monoisotopic (exact) mass is 331 g/mol. The van der Waals surface area contributed by atoms with Gasteiger partial charge in [-0.15, -0.1) is 0 Å². The molecule has 0 atom stereocenters. The van der Waals surface area contributed by atoms with E-state index in [9.17, 15) is 9.59 Å². The van der Waals surface area contributed by atoms with E-state index in [1.165, 1.54) is 0 Å². The van der Waals surface area contributed by atoms with Gasteiger partial charge in [0.1, 0.15) is 0 Å². The van der Waals surface area contributed by atoms with Crippen molar-refractivity contribution >= 4 is 11.9 Å². The average molecular weight is 331 g/mol. The number of hydrogen-bond donors (Lipinski definition) is 1. The van der Waals surface area contributed by atoms with Crippen LogP contribution in [0.1, 0.15) is 55.5 Å². The predicted molar refractivity (Wildman–Crippen MR) is 90.0 cm³/mol. The van der Waals surface area contributed by atoms with Crippen molar-refractivity contribution in [3.05, 3.63) is 35.4 Å². The second-order valence-electron chi connectivity index (χ2n) is 7.68. The Kier molecular flexibility index (Phi) is 4.38. The molecule has 5 nitrogen and oxygen atoms in total. The summed E-state index contributed by atoms with van der Waals surface area (Å²) in [4.78, 5) is 25.8. The van der Waals surface area contributed by atoms with Crippen molar-refractivity contribution in [1.29, 1.82) is 0 Å². The standard InChI is InChI=1S/C19H25NO4/c1-18(2)12-20(13-19(24-18)8-3-4-9-19)16(21)11-14-6-5-7-15(10-14)17(22)23/h5-7,10H,3-4,8-9,11-13H2,1-2H3,(H,22,23). The number of carboxylic acids is 1. The smallest absolute Gasteiger partial charge is 0.335 e. The molecule has 1 aromatic rings. The van der Waals surface area contributed by atoms with Gasteiger partial charge in [0.05, 0.1) is 23.2 Å². The summed E-state index contributed by atoms with van der Waals surface area (Å²) in [5.74, 6) is -0.929. The number of benzene rings is 1. The average Bonchev–Trinajstić information content (AvgIpc) is 2.93. The molecule has 1 aliphatic carbocycles. The number of nitrogens with zero attached hydrogens (tertiary/aromatic N) is 1. The lowest BCUT2D eigenvalue weighted by Crippen LogP contribution is -2.60. The Morgan fingerprint density at radius 2 is 1.92 bits per heavy atom. The first kappa shape index (κ1) is 17.0. The van der Waals surface area contributed by atoms with E-state index in [2.05, 4.69) is 0 Å². The Morgan fingerprint density at radius 1 is 1.21 bits per heavy atom. The van der Waals surface area contributed by atoms with Crippen LogP contribution >= 0.6 is 0 Å². The number of carbonyl (C=O) groups excluding carboxylic acids is 1. The van der Waals surface area contributed by atoms with E-state index in [1.54, 1.807) is 24.3 Å². The van der Waals surface area contributed by atoms with Crippen molar-refractivity contribution in [2.24, 2.45) is 0 Å². The van der Waals surface area contributed by atoms with Gasteiger partial charge < -0.3 is 14.7 Å². The van der Waals surface area contributed by atoms with Gasteiger partial charge in [0, 0.05) is 13.1 Å². The molecule has 2 aliphatic rings. The first-order valence-electron chi connectivity index (χ1n) is 8.59. The van der Waals surface area contributed by atoms with Crippen molar-refractivity contribution in [2.45, 2.75) is 57.2 Å². The van der Waals surface area contributed by atoms with Crippen LogP contribution in [0.4, 0.5) is 0 Å². The summed E-state index contributed by atoms with van der Waals surface area (Å²) >= 11 is 0. The molecular formula is C19H25NO4. The highest BCUT2D eigenvalue weighted by Crippen LogP contribution is 2.40. The number of morpholine rings is 1. The molecule has 24 heavy (non-hydrogen) atoms. The maximum absolute atomic E-state index is 12.8. The van der Waals surface area contributed by atoms with Crippen LogP contribution in [-0.4, -0.2) is 46.2 Å². The Bertz CT molecular complexity index is 647. The van der Waals surface area contributed by atoms with Crippen LogP contribution < -0.4 is 0 Å². The molecular weight excluding hydrogens is 306 g/mol. The number of rotatable bonds is 3. The van der Waals surface area contributed by atoms with Gasteiger partial charge >= 0.3 is 5.97 Å². The molecule has 1 aromatic carbocycles. The lowest BCUT2D eigenvalue weighted by molar-refractivity contribution is -0.198. The maximum Gasteiger partial charge on any atom is 0.335 e. The Hall–Kier alpha value is -1.88. The van der Waals surface area contributed by atoms with Gasteiger partial charge in [-0.25, -0.2) is 4.79 Å². The zero-order chi connectivity index (χ0) is 17.4. The highest BCUT2D eigenvalue weighted by atomic mass is 16.5. The van der Waals surface area contributed by atoms with Crippen molar-refractivity contribution < 1.29 is 19.4 Å². The van der Waals surface area contributed by atoms with Gasteiger partial charge in [0.2, 0.25) is 5.91 Å². The molecule has 0 unspecified atom stereocenters. The molecule has 1 aliphatic heterocycles. The number of ether oxygens (including phenoxy) is 1. The van der Waals surface area contributed by atoms with E-state index < -0.39 is 5.97 Å². The molecule has 1 N–H and O–H groups in total. The van der Waals surface area contributed by atoms with E-state index in [0.717, 1.165) is 31.2 Å². The van der Waals surface area contributed by atoms with Crippen LogP contribution in [-0.2, 0) is 16.0 Å². The first-order chi connectivity index (χ1) is 11.3. The zero-order valence-electron chi connectivity index (χ0n) is 14.4. The van der Waals surface area contributed by atoms with Gasteiger partial charge in [-0.2, -0.15) is 0 Å². The number of carboxylic acid groups (broad SMARTS) is 1. The van der Waals surface area contributed by atoms with Gasteiger partial charge in [0.15, 0.2) is 0 Å². The normalized spacial score (nSPS) is 21.8. The van der Waals surface area contributed by atoms with Crippen molar-refractivity contribution in [3.8, 4) is 0 Å². The highest BCUT2D eigenvalue weighted by Gasteiger charge is 2.46.